The molecule has 1 saturated carbocycles. The minimum absolute atomic E-state index is 0.0610. The predicted octanol–water partition coefficient (Wildman–Crippen LogP) is 3.79. The van der Waals surface area contributed by atoms with Crippen molar-refractivity contribution in [3.63, 3.8) is 0 Å². The molecule has 2 atom stereocenters. The van der Waals surface area contributed by atoms with Crippen LogP contribution in [0.4, 0.5) is 24.5 Å². The third-order valence-electron chi connectivity index (χ3n) is 6.94. The zero-order valence-corrected chi connectivity index (χ0v) is 20.7. The fourth-order valence-electron chi connectivity index (χ4n) is 4.81. The largest absolute Gasteiger partial charge is 0.491 e. The molecule has 194 valence electrons. The number of rotatable bonds is 5. The average molecular weight is 532 g/mol. The van der Waals surface area contributed by atoms with Gasteiger partial charge in [-0.1, -0.05) is 0 Å². The average Bonchev–Trinajstić information content (AvgIpc) is 3.09. The summed E-state index contributed by atoms with van der Waals surface area (Å²) in [6, 6.07) is 9.60. The topological polar surface area (TPSA) is 90.7 Å². The maximum atomic E-state index is 13.6. The van der Waals surface area contributed by atoms with Gasteiger partial charge in [0.1, 0.15) is 30.1 Å². The van der Waals surface area contributed by atoms with Crippen LogP contribution in [0.5, 0.6) is 5.75 Å². The number of nitriles is 1. The van der Waals surface area contributed by atoms with Crippen molar-refractivity contribution >= 4 is 34.6 Å². The van der Waals surface area contributed by atoms with E-state index in [1.807, 2.05) is 6.92 Å². The van der Waals surface area contributed by atoms with Crippen LogP contribution in [-0.4, -0.2) is 53.4 Å². The smallest absolute Gasteiger partial charge is 0.419 e. The third-order valence-corrected chi connectivity index (χ3v) is 7.31. The molecule has 2 saturated heterocycles. The first-order chi connectivity index (χ1) is 17.6. The highest BCUT2D eigenvalue weighted by Gasteiger charge is 2.59. The summed E-state index contributed by atoms with van der Waals surface area (Å²) in [6.45, 7) is 3.74. The number of nitrogens with one attached hydrogen (secondary N) is 1. The van der Waals surface area contributed by atoms with Crippen LogP contribution < -0.4 is 19.9 Å². The van der Waals surface area contributed by atoms with Gasteiger partial charge in [0, 0.05) is 18.3 Å². The quantitative estimate of drug-likeness (QED) is 0.583. The summed E-state index contributed by atoms with van der Waals surface area (Å²) < 4.78 is 52.2. The van der Waals surface area contributed by atoms with Gasteiger partial charge in [-0.2, -0.15) is 18.4 Å². The first-order valence-electron chi connectivity index (χ1n) is 11.9. The fourth-order valence-corrected chi connectivity index (χ4v) is 5.28. The van der Waals surface area contributed by atoms with Gasteiger partial charge in [0.05, 0.1) is 24.1 Å². The van der Waals surface area contributed by atoms with Crippen molar-refractivity contribution < 1.29 is 27.4 Å². The molecule has 37 heavy (non-hydrogen) atoms. The number of aromatic nitrogens is 1. The molecule has 1 amide bonds. The zero-order valence-electron chi connectivity index (χ0n) is 19.9. The molecule has 2 unspecified atom stereocenters. The first kappa shape index (κ1) is 25.4. The predicted molar refractivity (Wildman–Crippen MR) is 132 cm³/mol. The highest BCUT2D eigenvalue weighted by Crippen LogP contribution is 2.48. The van der Waals surface area contributed by atoms with E-state index in [0.29, 0.717) is 50.1 Å². The maximum absolute atomic E-state index is 13.6. The lowest BCUT2D eigenvalue weighted by atomic mass is 9.75. The van der Waals surface area contributed by atoms with Crippen molar-refractivity contribution in [2.45, 2.75) is 50.0 Å². The van der Waals surface area contributed by atoms with Crippen molar-refractivity contribution in [2.24, 2.45) is 0 Å². The molecule has 8 nitrogen and oxygen atoms in total. The summed E-state index contributed by atoms with van der Waals surface area (Å²) in [5.41, 5.74) is -2.43. The number of carbonyl (C=O) groups is 1. The fraction of sp³-hybridized carbons (Fsp3) is 0.440. The Balaban J connectivity index is 1.39. The van der Waals surface area contributed by atoms with Gasteiger partial charge in [0.15, 0.2) is 10.8 Å². The lowest BCUT2D eigenvalue weighted by Crippen LogP contribution is -2.55. The van der Waals surface area contributed by atoms with Gasteiger partial charge in [0.2, 0.25) is 0 Å². The number of anilines is 2. The lowest BCUT2D eigenvalue weighted by molar-refractivity contribution is -0.138. The number of carbonyl (C=O) groups excluding carboxylic acids is 1. The maximum Gasteiger partial charge on any atom is 0.419 e. The van der Waals surface area contributed by atoms with E-state index in [9.17, 15) is 18.0 Å². The molecule has 1 N–H and O–H groups in total. The molecule has 1 aromatic carbocycles. The number of nitrogens with zero attached hydrogens (tertiary/aromatic N) is 4. The van der Waals surface area contributed by atoms with Crippen LogP contribution >= 0.6 is 12.2 Å². The number of hydrogen-bond donors (Lipinski definition) is 1. The molecule has 0 bridgehead atoms. The second-order valence-corrected chi connectivity index (χ2v) is 9.78. The van der Waals surface area contributed by atoms with Crippen LogP contribution in [0.15, 0.2) is 36.5 Å². The monoisotopic (exact) mass is 531 g/mol. The summed E-state index contributed by atoms with van der Waals surface area (Å²) in [7, 11) is 0. The first-order valence-corrected chi connectivity index (χ1v) is 12.3. The number of alkyl halides is 3. The molecule has 12 heteroatoms. The highest BCUT2D eigenvalue weighted by molar-refractivity contribution is 7.81. The van der Waals surface area contributed by atoms with E-state index in [-0.39, 0.29) is 16.9 Å². The number of benzene rings is 1. The Morgan fingerprint density at radius 2 is 2.03 bits per heavy atom. The number of halogens is 3. The van der Waals surface area contributed by atoms with Gasteiger partial charge < -0.3 is 19.7 Å². The summed E-state index contributed by atoms with van der Waals surface area (Å²) in [6.07, 6.45) is -1.98. The SMILES string of the molecule is CC1COC(COc2ccc(N3C(=S)N(c4cnc(C#N)c(C(F)(F)F)c4)C(=O)C34CCC4)cc2)CN1. The normalized spacial score (nSPS) is 23.2. The standard InChI is InChI=1S/C25H24F3N5O3S/c1-15-13-35-19(12-30-15)14-36-18-5-3-16(4-6-18)33-23(37)32(22(34)24(33)7-2-8-24)17-9-20(25(26,27)28)21(10-29)31-11-17/h3-6,9,11,15,19,30H,2,7-8,12-14H2,1H3. The molecule has 1 aliphatic carbocycles. The van der Waals surface area contributed by atoms with Crippen LogP contribution in [0.1, 0.15) is 37.4 Å². The van der Waals surface area contributed by atoms with Gasteiger partial charge in [0.25, 0.3) is 5.91 Å². The molecule has 2 aromatic rings. The van der Waals surface area contributed by atoms with Crippen LogP contribution in [0.25, 0.3) is 0 Å². The molecule has 0 radical (unpaired) electrons. The van der Waals surface area contributed by atoms with Crippen LogP contribution in [-0.2, 0) is 15.7 Å². The Labute approximate surface area is 217 Å². The minimum Gasteiger partial charge on any atom is -0.491 e. The van der Waals surface area contributed by atoms with E-state index in [2.05, 4.69) is 10.3 Å². The second kappa shape index (κ2) is 9.55. The molecular weight excluding hydrogens is 507 g/mol. The molecule has 3 aliphatic rings. The summed E-state index contributed by atoms with van der Waals surface area (Å²) in [5, 5.41) is 12.5. The van der Waals surface area contributed by atoms with E-state index in [0.717, 1.165) is 23.6 Å². The van der Waals surface area contributed by atoms with E-state index < -0.39 is 28.9 Å². The van der Waals surface area contributed by atoms with Crippen molar-refractivity contribution in [1.82, 2.24) is 10.3 Å². The van der Waals surface area contributed by atoms with Gasteiger partial charge in [-0.25, -0.2) is 4.98 Å². The zero-order chi connectivity index (χ0) is 26.4. The van der Waals surface area contributed by atoms with E-state index >= 15 is 0 Å². The van der Waals surface area contributed by atoms with Gasteiger partial charge in [-0.05, 0) is 68.7 Å². The van der Waals surface area contributed by atoms with Gasteiger partial charge in [-0.15, -0.1) is 0 Å². The Bertz CT molecular complexity index is 1250. The number of ether oxygens (including phenoxy) is 2. The van der Waals surface area contributed by atoms with Gasteiger partial charge in [-0.3, -0.25) is 9.69 Å². The highest BCUT2D eigenvalue weighted by atomic mass is 32.1. The third kappa shape index (κ3) is 4.52. The molecule has 2 aliphatic heterocycles. The minimum atomic E-state index is -4.81. The Kier molecular flexibility index (Phi) is 6.55. The Morgan fingerprint density at radius 3 is 2.59 bits per heavy atom. The number of pyridine rings is 1. The Hall–Kier alpha value is -3.27. The van der Waals surface area contributed by atoms with Crippen molar-refractivity contribution in [3.8, 4) is 11.8 Å². The van der Waals surface area contributed by atoms with Crippen LogP contribution in [0, 0.1) is 11.3 Å². The molecular formula is C25H24F3N5O3S. The number of hydrogen-bond acceptors (Lipinski definition) is 7. The van der Waals surface area contributed by atoms with Gasteiger partial charge >= 0.3 is 6.18 Å². The van der Waals surface area contributed by atoms with E-state index in [1.54, 1.807) is 29.2 Å². The van der Waals surface area contributed by atoms with Crippen molar-refractivity contribution in [1.29, 1.82) is 5.26 Å². The second-order valence-electron chi connectivity index (χ2n) is 9.41. The van der Waals surface area contributed by atoms with E-state index in [1.165, 1.54) is 6.07 Å². The molecule has 5 rings (SSSR count). The molecule has 3 heterocycles. The van der Waals surface area contributed by atoms with E-state index in [4.69, 9.17) is 27.0 Å². The molecule has 1 spiro atoms. The molecule has 1 aromatic heterocycles. The van der Waals surface area contributed by atoms with Crippen molar-refractivity contribution in [3.05, 3.63) is 47.8 Å². The summed E-state index contributed by atoms with van der Waals surface area (Å²) in [5.74, 6) is 0.216. The number of amides is 1. The molecule has 3 fully saturated rings. The number of morpholine rings is 1. The van der Waals surface area contributed by atoms with Crippen molar-refractivity contribution in [2.75, 3.05) is 29.6 Å². The summed E-state index contributed by atoms with van der Waals surface area (Å²) >= 11 is 5.63. The Morgan fingerprint density at radius 1 is 1.30 bits per heavy atom. The van der Waals surface area contributed by atoms with Crippen LogP contribution in [0.3, 0.4) is 0 Å². The number of thiocarbonyl (C=S) groups is 1. The summed E-state index contributed by atoms with van der Waals surface area (Å²) in [4.78, 5) is 20.0. The lowest BCUT2D eigenvalue weighted by Gasteiger charge is -2.43. The van der Waals surface area contributed by atoms with Crippen LogP contribution in [0.2, 0.25) is 0 Å².